The average Bonchev–Trinajstić information content (AvgIpc) is 2.64. The van der Waals surface area contributed by atoms with Crippen LogP contribution in [-0.2, 0) is 0 Å². The summed E-state index contributed by atoms with van der Waals surface area (Å²) < 4.78 is 12.9. The van der Waals surface area contributed by atoms with Crippen molar-refractivity contribution in [2.45, 2.75) is 0 Å². The molecule has 3 aromatic carbocycles. The second kappa shape index (κ2) is 7.40. The molecule has 0 saturated carbocycles. The van der Waals surface area contributed by atoms with Crippen LogP contribution < -0.4 is 10.6 Å². The van der Waals surface area contributed by atoms with Crippen molar-refractivity contribution in [1.29, 1.82) is 0 Å². The largest absolute Gasteiger partial charge is 0.322 e. The van der Waals surface area contributed by atoms with Crippen molar-refractivity contribution >= 4 is 23.2 Å². The number of nitrogens with one attached hydrogen (secondary N) is 2. The Morgan fingerprint density at radius 1 is 0.640 bits per heavy atom. The number of anilines is 2. The minimum absolute atomic E-state index is 0.253. The standard InChI is InChI=1S/C20H15FN2O2/c21-16-9-11-17(12-10-16)22-20(25)15-7-4-8-18(13-15)23-19(24)14-5-2-1-3-6-14/h1-13H,(H,22,25)(H,23,24). The summed E-state index contributed by atoms with van der Waals surface area (Å²) in [4.78, 5) is 24.5. The first-order chi connectivity index (χ1) is 12.1. The van der Waals surface area contributed by atoms with Crippen molar-refractivity contribution in [1.82, 2.24) is 0 Å². The van der Waals surface area contributed by atoms with Gasteiger partial charge in [0.1, 0.15) is 5.82 Å². The van der Waals surface area contributed by atoms with E-state index < -0.39 is 0 Å². The first-order valence-electron chi connectivity index (χ1n) is 7.65. The van der Waals surface area contributed by atoms with E-state index in [1.54, 1.807) is 48.5 Å². The van der Waals surface area contributed by atoms with Crippen molar-refractivity contribution in [2.24, 2.45) is 0 Å². The van der Waals surface area contributed by atoms with Crippen LogP contribution in [-0.4, -0.2) is 11.8 Å². The predicted octanol–water partition coefficient (Wildman–Crippen LogP) is 4.33. The molecule has 4 nitrogen and oxygen atoms in total. The third-order valence-corrected chi connectivity index (χ3v) is 3.52. The number of hydrogen-bond acceptors (Lipinski definition) is 2. The van der Waals surface area contributed by atoms with Gasteiger partial charge in [0.25, 0.3) is 11.8 Å². The van der Waals surface area contributed by atoms with Crippen LogP contribution in [0, 0.1) is 5.82 Å². The highest BCUT2D eigenvalue weighted by atomic mass is 19.1. The van der Waals surface area contributed by atoms with Crippen LogP contribution in [0.3, 0.4) is 0 Å². The summed E-state index contributed by atoms with van der Waals surface area (Å²) in [6, 6.07) is 20.9. The number of rotatable bonds is 4. The Labute approximate surface area is 144 Å². The topological polar surface area (TPSA) is 58.2 Å². The third kappa shape index (κ3) is 4.29. The maximum absolute atomic E-state index is 12.9. The van der Waals surface area contributed by atoms with Gasteiger partial charge in [-0.25, -0.2) is 4.39 Å². The minimum atomic E-state index is -0.372. The zero-order chi connectivity index (χ0) is 17.6. The molecular weight excluding hydrogens is 319 g/mol. The van der Waals surface area contributed by atoms with Crippen LogP contribution in [0.2, 0.25) is 0 Å². The molecule has 3 rings (SSSR count). The van der Waals surface area contributed by atoms with Crippen LogP contribution in [0.15, 0.2) is 78.9 Å². The lowest BCUT2D eigenvalue weighted by Gasteiger charge is -2.08. The molecule has 25 heavy (non-hydrogen) atoms. The maximum Gasteiger partial charge on any atom is 0.255 e. The second-order valence-corrected chi connectivity index (χ2v) is 5.36. The molecule has 0 aromatic heterocycles. The van der Waals surface area contributed by atoms with Crippen molar-refractivity contribution in [3.8, 4) is 0 Å². The van der Waals surface area contributed by atoms with Gasteiger partial charge < -0.3 is 10.6 Å². The first kappa shape index (κ1) is 16.4. The van der Waals surface area contributed by atoms with Crippen molar-refractivity contribution in [3.63, 3.8) is 0 Å². The van der Waals surface area contributed by atoms with E-state index in [9.17, 15) is 14.0 Å². The van der Waals surface area contributed by atoms with Crippen molar-refractivity contribution in [3.05, 3.63) is 95.8 Å². The molecule has 0 aliphatic heterocycles. The van der Waals surface area contributed by atoms with Gasteiger partial charge in [-0.3, -0.25) is 9.59 Å². The molecular formula is C20H15FN2O2. The van der Waals surface area contributed by atoms with Gasteiger partial charge >= 0.3 is 0 Å². The number of benzene rings is 3. The summed E-state index contributed by atoms with van der Waals surface area (Å²) in [7, 11) is 0. The van der Waals surface area contributed by atoms with E-state index >= 15 is 0 Å². The molecule has 0 bridgehead atoms. The highest BCUT2D eigenvalue weighted by Gasteiger charge is 2.09. The van der Waals surface area contributed by atoms with Gasteiger partial charge in [0.05, 0.1) is 0 Å². The van der Waals surface area contributed by atoms with Gasteiger partial charge in [-0.05, 0) is 54.6 Å². The highest BCUT2D eigenvalue weighted by molar-refractivity contribution is 6.07. The normalized spacial score (nSPS) is 10.1. The first-order valence-corrected chi connectivity index (χ1v) is 7.65. The minimum Gasteiger partial charge on any atom is -0.322 e. The van der Waals surface area contributed by atoms with Gasteiger partial charge in [-0.15, -0.1) is 0 Å². The van der Waals surface area contributed by atoms with Crippen LogP contribution in [0.1, 0.15) is 20.7 Å². The van der Waals surface area contributed by atoms with Crippen LogP contribution >= 0.6 is 0 Å². The zero-order valence-corrected chi connectivity index (χ0v) is 13.2. The Morgan fingerprint density at radius 3 is 1.96 bits per heavy atom. The molecule has 0 aliphatic carbocycles. The lowest BCUT2D eigenvalue weighted by molar-refractivity contribution is 0.101. The Hall–Kier alpha value is -3.47. The van der Waals surface area contributed by atoms with E-state index in [4.69, 9.17) is 0 Å². The SMILES string of the molecule is O=C(Nc1cccc(C(=O)Nc2ccc(F)cc2)c1)c1ccccc1. The fraction of sp³-hybridized carbons (Fsp3) is 0. The number of carbonyl (C=O) groups excluding carboxylic acids is 2. The fourth-order valence-electron chi connectivity index (χ4n) is 2.27. The predicted molar refractivity (Wildman–Crippen MR) is 95.2 cm³/mol. The molecule has 0 fully saturated rings. The van der Waals surface area contributed by atoms with E-state index in [0.29, 0.717) is 22.5 Å². The number of carbonyl (C=O) groups is 2. The van der Waals surface area contributed by atoms with Gasteiger partial charge in [-0.1, -0.05) is 24.3 Å². The molecule has 3 aromatic rings. The summed E-state index contributed by atoms with van der Waals surface area (Å²) in [5.41, 5.74) is 1.92. The van der Waals surface area contributed by atoms with E-state index in [0.717, 1.165) is 0 Å². The Balaban J connectivity index is 1.71. The van der Waals surface area contributed by atoms with E-state index in [2.05, 4.69) is 10.6 Å². The summed E-state index contributed by atoms with van der Waals surface area (Å²) in [5, 5.41) is 5.44. The molecule has 0 heterocycles. The Bertz CT molecular complexity index is 893. The summed E-state index contributed by atoms with van der Waals surface area (Å²) in [5.74, 6) is -0.970. The Kier molecular flexibility index (Phi) is 4.85. The third-order valence-electron chi connectivity index (χ3n) is 3.52. The van der Waals surface area contributed by atoms with Crippen molar-refractivity contribution < 1.29 is 14.0 Å². The van der Waals surface area contributed by atoms with E-state index in [1.165, 1.54) is 24.3 Å². The molecule has 2 N–H and O–H groups in total. The Morgan fingerprint density at radius 2 is 1.24 bits per heavy atom. The summed E-state index contributed by atoms with van der Waals surface area (Å²) in [6.07, 6.45) is 0. The molecule has 124 valence electrons. The molecule has 0 spiro atoms. The monoisotopic (exact) mass is 334 g/mol. The smallest absolute Gasteiger partial charge is 0.255 e. The summed E-state index contributed by atoms with van der Waals surface area (Å²) >= 11 is 0. The molecule has 0 atom stereocenters. The quantitative estimate of drug-likeness (QED) is 0.746. The highest BCUT2D eigenvalue weighted by Crippen LogP contribution is 2.15. The van der Waals surface area contributed by atoms with E-state index in [1.807, 2.05) is 6.07 Å². The van der Waals surface area contributed by atoms with Crippen LogP contribution in [0.25, 0.3) is 0 Å². The van der Waals surface area contributed by atoms with Crippen LogP contribution in [0.5, 0.6) is 0 Å². The van der Waals surface area contributed by atoms with Gasteiger partial charge in [-0.2, -0.15) is 0 Å². The van der Waals surface area contributed by atoms with Crippen LogP contribution in [0.4, 0.5) is 15.8 Å². The number of amides is 2. The van der Waals surface area contributed by atoms with E-state index in [-0.39, 0.29) is 17.6 Å². The number of halogens is 1. The van der Waals surface area contributed by atoms with Crippen molar-refractivity contribution in [2.75, 3.05) is 10.6 Å². The molecule has 5 heteroatoms. The fourth-order valence-corrected chi connectivity index (χ4v) is 2.27. The molecule has 0 aliphatic rings. The summed E-state index contributed by atoms with van der Waals surface area (Å²) in [6.45, 7) is 0. The lowest BCUT2D eigenvalue weighted by Crippen LogP contribution is -2.14. The zero-order valence-electron chi connectivity index (χ0n) is 13.2. The maximum atomic E-state index is 12.9. The molecule has 0 saturated heterocycles. The van der Waals surface area contributed by atoms with Gasteiger partial charge in [0.15, 0.2) is 0 Å². The van der Waals surface area contributed by atoms with Gasteiger partial charge in [0.2, 0.25) is 0 Å². The second-order valence-electron chi connectivity index (χ2n) is 5.36. The van der Waals surface area contributed by atoms with Gasteiger partial charge in [0, 0.05) is 22.5 Å². The molecule has 0 unspecified atom stereocenters. The molecule has 0 radical (unpaired) electrons. The number of hydrogen-bond donors (Lipinski definition) is 2. The molecule has 2 amide bonds. The lowest BCUT2D eigenvalue weighted by atomic mass is 10.1. The average molecular weight is 334 g/mol.